The summed E-state index contributed by atoms with van der Waals surface area (Å²) in [6.07, 6.45) is 0. The molecule has 0 saturated heterocycles. The number of nitrogens with one attached hydrogen (secondary N) is 1. The first kappa shape index (κ1) is 18.3. The van der Waals surface area contributed by atoms with Gasteiger partial charge in [-0.25, -0.2) is 8.42 Å². The summed E-state index contributed by atoms with van der Waals surface area (Å²) in [5.41, 5.74) is 0.424. The van der Waals surface area contributed by atoms with E-state index in [2.05, 4.69) is 20.7 Å². The van der Waals surface area contributed by atoms with Crippen LogP contribution in [0.2, 0.25) is 0 Å². The van der Waals surface area contributed by atoms with E-state index >= 15 is 0 Å². The number of hydrogen-bond donors (Lipinski definition) is 1. The molecular formula is C19H16BrNO4S. The Bertz CT molecular complexity index is 990. The maximum atomic E-state index is 12.7. The Hall–Kier alpha value is -2.51. The van der Waals surface area contributed by atoms with Gasteiger partial charge in [0, 0.05) is 10.2 Å². The molecule has 134 valence electrons. The largest absolute Gasteiger partial charge is 0.495 e. The van der Waals surface area contributed by atoms with Crippen molar-refractivity contribution >= 4 is 31.6 Å². The molecule has 0 heterocycles. The maximum absolute atomic E-state index is 12.7. The van der Waals surface area contributed by atoms with Gasteiger partial charge in [-0.05, 0) is 54.6 Å². The van der Waals surface area contributed by atoms with Crippen molar-refractivity contribution in [3.63, 3.8) is 0 Å². The van der Waals surface area contributed by atoms with E-state index in [1.807, 2.05) is 30.3 Å². The molecule has 0 aromatic heterocycles. The van der Waals surface area contributed by atoms with Crippen LogP contribution in [0.1, 0.15) is 0 Å². The number of ether oxygens (including phenoxy) is 2. The number of methoxy groups -OCH3 is 1. The molecule has 0 radical (unpaired) electrons. The standard InChI is InChI=1S/C19H16BrNO4S/c1-24-18-12-7-14(20)13-19(18)26(22,23)21-15-8-10-17(11-9-15)25-16-5-3-2-4-6-16/h2-13,21H,1H3. The van der Waals surface area contributed by atoms with Gasteiger partial charge in [-0.3, -0.25) is 4.72 Å². The number of rotatable bonds is 6. The van der Waals surface area contributed by atoms with Crippen LogP contribution >= 0.6 is 15.9 Å². The van der Waals surface area contributed by atoms with Crippen molar-refractivity contribution < 1.29 is 17.9 Å². The SMILES string of the molecule is COc1ccc(Br)cc1S(=O)(=O)Nc1ccc(Oc2ccccc2)cc1. The number of hydrogen-bond acceptors (Lipinski definition) is 4. The van der Waals surface area contributed by atoms with Crippen molar-refractivity contribution in [1.29, 1.82) is 0 Å². The van der Waals surface area contributed by atoms with E-state index in [0.29, 0.717) is 21.7 Å². The highest BCUT2D eigenvalue weighted by Crippen LogP contribution is 2.29. The van der Waals surface area contributed by atoms with Crippen molar-refractivity contribution in [3.05, 3.63) is 77.3 Å². The first-order valence-corrected chi connectivity index (χ1v) is 9.95. The van der Waals surface area contributed by atoms with Crippen molar-refractivity contribution in [1.82, 2.24) is 0 Å². The van der Waals surface area contributed by atoms with Gasteiger partial charge < -0.3 is 9.47 Å². The summed E-state index contributed by atoms with van der Waals surface area (Å²) in [5, 5.41) is 0. The minimum atomic E-state index is -3.80. The Morgan fingerprint density at radius 2 is 1.54 bits per heavy atom. The third-order valence-electron chi connectivity index (χ3n) is 3.50. The molecule has 0 fully saturated rings. The zero-order valence-electron chi connectivity index (χ0n) is 13.8. The van der Waals surface area contributed by atoms with Crippen LogP contribution in [-0.2, 0) is 10.0 Å². The van der Waals surface area contributed by atoms with Crippen LogP contribution in [0.25, 0.3) is 0 Å². The molecular weight excluding hydrogens is 418 g/mol. The average molecular weight is 434 g/mol. The maximum Gasteiger partial charge on any atom is 0.265 e. The predicted octanol–water partition coefficient (Wildman–Crippen LogP) is 5.05. The Kier molecular flexibility index (Phi) is 5.49. The zero-order valence-corrected chi connectivity index (χ0v) is 16.2. The summed E-state index contributed by atoms with van der Waals surface area (Å²) in [4.78, 5) is 0.0546. The number of sulfonamides is 1. The van der Waals surface area contributed by atoms with Gasteiger partial charge in [-0.15, -0.1) is 0 Å². The van der Waals surface area contributed by atoms with E-state index in [4.69, 9.17) is 9.47 Å². The molecule has 0 atom stereocenters. The van der Waals surface area contributed by atoms with E-state index < -0.39 is 10.0 Å². The van der Waals surface area contributed by atoms with Gasteiger partial charge in [-0.2, -0.15) is 0 Å². The summed E-state index contributed by atoms with van der Waals surface area (Å²) in [6, 6.07) is 20.8. The highest BCUT2D eigenvalue weighted by Gasteiger charge is 2.20. The van der Waals surface area contributed by atoms with E-state index in [0.717, 1.165) is 0 Å². The fourth-order valence-corrected chi connectivity index (χ4v) is 4.05. The lowest BCUT2D eigenvalue weighted by Gasteiger charge is -2.12. The predicted molar refractivity (Wildman–Crippen MR) is 104 cm³/mol. The Morgan fingerprint density at radius 3 is 2.19 bits per heavy atom. The second-order valence-corrected chi connectivity index (χ2v) is 7.91. The second-order valence-electron chi connectivity index (χ2n) is 5.34. The minimum absolute atomic E-state index is 0.0546. The quantitative estimate of drug-likeness (QED) is 0.590. The van der Waals surface area contributed by atoms with Crippen LogP contribution in [0.15, 0.2) is 82.2 Å². The van der Waals surface area contributed by atoms with Gasteiger partial charge in [0.05, 0.1) is 7.11 Å². The highest BCUT2D eigenvalue weighted by molar-refractivity contribution is 9.10. The van der Waals surface area contributed by atoms with Crippen LogP contribution in [-0.4, -0.2) is 15.5 Å². The van der Waals surface area contributed by atoms with Crippen LogP contribution in [0.4, 0.5) is 5.69 Å². The first-order valence-electron chi connectivity index (χ1n) is 7.67. The molecule has 3 aromatic carbocycles. The van der Waals surface area contributed by atoms with Gasteiger partial charge in [-0.1, -0.05) is 34.1 Å². The Balaban J connectivity index is 1.79. The summed E-state index contributed by atoms with van der Waals surface area (Å²) in [7, 11) is -2.37. The normalized spacial score (nSPS) is 11.0. The number of para-hydroxylation sites is 1. The van der Waals surface area contributed by atoms with Gasteiger partial charge >= 0.3 is 0 Å². The number of anilines is 1. The lowest BCUT2D eigenvalue weighted by Crippen LogP contribution is -2.14. The summed E-state index contributed by atoms with van der Waals surface area (Å²) in [5.74, 6) is 1.59. The molecule has 0 amide bonds. The lowest BCUT2D eigenvalue weighted by atomic mass is 10.3. The molecule has 1 N–H and O–H groups in total. The van der Waals surface area contributed by atoms with Crippen molar-refractivity contribution in [2.75, 3.05) is 11.8 Å². The van der Waals surface area contributed by atoms with Crippen molar-refractivity contribution in [3.8, 4) is 17.2 Å². The molecule has 0 unspecified atom stereocenters. The zero-order chi connectivity index (χ0) is 18.6. The molecule has 0 aliphatic carbocycles. The monoisotopic (exact) mass is 433 g/mol. The molecule has 5 nitrogen and oxygen atoms in total. The van der Waals surface area contributed by atoms with Crippen molar-refractivity contribution in [2.24, 2.45) is 0 Å². The fraction of sp³-hybridized carbons (Fsp3) is 0.0526. The molecule has 0 bridgehead atoms. The minimum Gasteiger partial charge on any atom is -0.495 e. The van der Waals surface area contributed by atoms with Gasteiger partial charge in [0.25, 0.3) is 10.0 Å². The van der Waals surface area contributed by atoms with Gasteiger partial charge in [0.1, 0.15) is 22.1 Å². The van der Waals surface area contributed by atoms with Crippen LogP contribution in [0.3, 0.4) is 0 Å². The molecule has 0 saturated carbocycles. The first-order chi connectivity index (χ1) is 12.5. The van der Waals surface area contributed by atoms with Crippen LogP contribution in [0.5, 0.6) is 17.2 Å². The average Bonchev–Trinajstić information content (AvgIpc) is 2.64. The topological polar surface area (TPSA) is 64.6 Å². The Labute approximate surface area is 160 Å². The van der Waals surface area contributed by atoms with Gasteiger partial charge in [0.2, 0.25) is 0 Å². The molecule has 3 aromatic rings. The molecule has 0 spiro atoms. The smallest absolute Gasteiger partial charge is 0.265 e. The Morgan fingerprint density at radius 1 is 0.885 bits per heavy atom. The van der Waals surface area contributed by atoms with E-state index in [1.54, 1.807) is 36.4 Å². The van der Waals surface area contributed by atoms with Crippen molar-refractivity contribution in [2.45, 2.75) is 4.90 Å². The van der Waals surface area contributed by atoms with Gasteiger partial charge in [0.15, 0.2) is 0 Å². The lowest BCUT2D eigenvalue weighted by molar-refractivity contribution is 0.403. The number of benzene rings is 3. The second kappa shape index (κ2) is 7.80. The molecule has 7 heteroatoms. The molecule has 26 heavy (non-hydrogen) atoms. The molecule has 3 rings (SSSR count). The van der Waals surface area contributed by atoms with Crippen LogP contribution in [0, 0.1) is 0 Å². The summed E-state index contributed by atoms with van der Waals surface area (Å²) >= 11 is 3.28. The molecule has 0 aliphatic rings. The van der Waals surface area contributed by atoms with E-state index in [-0.39, 0.29) is 10.6 Å². The van der Waals surface area contributed by atoms with E-state index in [1.165, 1.54) is 13.2 Å². The van der Waals surface area contributed by atoms with Crippen LogP contribution < -0.4 is 14.2 Å². The fourth-order valence-electron chi connectivity index (χ4n) is 2.29. The highest BCUT2D eigenvalue weighted by atomic mass is 79.9. The third kappa shape index (κ3) is 4.36. The summed E-state index contributed by atoms with van der Waals surface area (Å²) < 4.78 is 39.4. The van der Waals surface area contributed by atoms with E-state index in [9.17, 15) is 8.42 Å². The number of halogens is 1. The molecule has 0 aliphatic heterocycles. The third-order valence-corrected chi connectivity index (χ3v) is 5.40. The summed E-state index contributed by atoms with van der Waals surface area (Å²) in [6.45, 7) is 0.